The Morgan fingerprint density at radius 1 is 1.12 bits per heavy atom. The maximum atomic E-state index is 13.0. The van der Waals surface area contributed by atoms with Gasteiger partial charge < -0.3 is 15.1 Å². The number of piperazine rings is 1. The summed E-state index contributed by atoms with van der Waals surface area (Å²) in [4.78, 5) is 24.5. The minimum absolute atomic E-state index is 0.101. The van der Waals surface area contributed by atoms with Gasteiger partial charge in [-0.25, -0.2) is 9.18 Å². The van der Waals surface area contributed by atoms with Crippen molar-refractivity contribution in [3.63, 3.8) is 0 Å². The number of nitrogens with zero attached hydrogens (tertiary/aromatic N) is 4. The number of rotatable bonds is 3. The van der Waals surface area contributed by atoms with E-state index in [0.29, 0.717) is 19.6 Å². The molecule has 1 aromatic heterocycles. The average Bonchev–Trinajstić information content (AvgIpc) is 2.62. The molecule has 1 saturated heterocycles. The Bertz CT molecular complexity index is 681. The van der Waals surface area contributed by atoms with Gasteiger partial charge in [-0.05, 0) is 31.2 Å². The van der Waals surface area contributed by atoms with E-state index in [-0.39, 0.29) is 11.8 Å². The minimum Gasteiger partial charge on any atom is -0.368 e. The molecule has 24 heavy (non-hydrogen) atoms. The number of benzene rings is 1. The number of carbonyl (C=O) groups excluding carboxylic acids is 1. The Labute approximate surface area is 140 Å². The summed E-state index contributed by atoms with van der Waals surface area (Å²) in [7, 11) is 0. The van der Waals surface area contributed by atoms with Crippen molar-refractivity contribution in [3.8, 4) is 0 Å². The van der Waals surface area contributed by atoms with Crippen LogP contribution in [0.3, 0.4) is 0 Å². The van der Waals surface area contributed by atoms with Crippen molar-refractivity contribution in [2.45, 2.75) is 13.5 Å². The SMILES string of the molecule is Cc1cnc(CNC(=O)N2CCN(c3ccc(F)cc3)CC2)cn1. The summed E-state index contributed by atoms with van der Waals surface area (Å²) >= 11 is 0. The summed E-state index contributed by atoms with van der Waals surface area (Å²) in [5.41, 5.74) is 2.56. The van der Waals surface area contributed by atoms with Crippen LogP contribution in [-0.2, 0) is 6.54 Å². The molecule has 0 radical (unpaired) electrons. The number of hydrogen-bond acceptors (Lipinski definition) is 4. The molecule has 3 rings (SSSR count). The van der Waals surface area contributed by atoms with Gasteiger partial charge >= 0.3 is 6.03 Å². The Morgan fingerprint density at radius 3 is 2.46 bits per heavy atom. The number of carbonyl (C=O) groups is 1. The van der Waals surface area contributed by atoms with Crippen LogP contribution in [0.1, 0.15) is 11.4 Å². The van der Waals surface area contributed by atoms with Crippen LogP contribution in [-0.4, -0.2) is 47.1 Å². The monoisotopic (exact) mass is 329 g/mol. The highest BCUT2D eigenvalue weighted by Gasteiger charge is 2.21. The molecule has 1 aliphatic heterocycles. The molecule has 0 atom stereocenters. The average molecular weight is 329 g/mol. The maximum Gasteiger partial charge on any atom is 0.317 e. The molecule has 2 amide bonds. The Kier molecular flexibility index (Phi) is 4.88. The fourth-order valence-corrected chi connectivity index (χ4v) is 2.61. The quantitative estimate of drug-likeness (QED) is 0.935. The molecule has 7 heteroatoms. The smallest absolute Gasteiger partial charge is 0.317 e. The van der Waals surface area contributed by atoms with Crippen molar-refractivity contribution in [3.05, 3.63) is 53.9 Å². The van der Waals surface area contributed by atoms with E-state index in [0.717, 1.165) is 30.2 Å². The van der Waals surface area contributed by atoms with E-state index in [1.54, 1.807) is 29.4 Å². The lowest BCUT2D eigenvalue weighted by Gasteiger charge is -2.36. The lowest BCUT2D eigenvalue weighted by atomic mass is 10.2. The standard InChI is InChI=1S/C17H20FN5O/c1-13-10-20-15(11-19-13)12-21-17(24)23-8-6-22(7-9-23)16-4-2-14(18)3-5-16/h2-5,10-11H,6-9,12H2,1H3,(H,21,24). The molecular weight excluding hydrogens is 309 g/mol. The van der Waals surface area contributed by atoms with Gasteiger partial charge in [-0.2, -0.15) is 0 Å². The highest BCUT2D eigenvalue weighted by atomic mass is 19.1. The second kappa shape index (κ2) is 7.25. The first-order valence-corrected chi connectivity index (χ1v) is 7.92. The number of nitrogens with one attached hydrogen (secondary N) is 1. The number of anilines is 1. The Morgan fingerprint density at radius 2 is 1.83 bits per heavy atom. The van der Waals surface area contributed by atoms with Crippen LogP contribution >= 0.6 is 0 Å². The van der Waals surface area contributed by atoms with Gasteiger partial charge in [0.15, 0.2) is 0 Å². The first-order valence-electron chi connectivity index (χ1n) is 7.92. The first-order chi connectivity index (χ1) is 11.6. The molecule has 0 bridgehead atoms. The van der Waals surface area contributed by atoms with E-state index in [1.807, 2.05) is 6.92 Å². The van der Waals surface area contributed by atoms with E-state index < -0.39 is 0 Å². The molecule has 0 saturated carbocycles. The van der Waals surface area contributed by atoms with Gasteiger partial charge in [0, 0.05) is 38.1 Å². The summed E-state index contributed by atoms with van der Waals surface area (Å²) < 4.78 is 13.0. The highest BCUT2D eigenvalue weighted by molar-refractivity contribution is 5.74. The van der Waals surface area contributed by atoms with Crippen LogP contribution in [0.2, 0.25) is 0 Å². The number of halogens is 1. The van der Waals surface area contributed by atoms with Crippen molar-refractivity contribution in [1.82, 2.24) is 20.2 Å². The van der Waals surface area contributed by atoms with Crippen molar-refractivity contribution < 1.29 is 9.18 Å². The zero-order valence-electron chi connectivity index (χ0n) is 13.6. The molecule has 0 aliphatic carbocycles. The number of aryl methyl sites for hydroxylation is 1. The number of urea groups is 1. The molecule has 0 unspecified atom stereocenters. The van der Waals surface area contributed by atoms with E-state index in [2.05, 4.69) is 20.2 Å². The van der Waals surface area contributed by atoms with Gasteiger partial charge in [-0.1, -0.05) is 0 Å². The van der Waals surface area contributed by atoms with Crippen LogP contribution in [0, 0.1) is 12.7 Å². The van der Waals surface area contributed by atoms with Crippen molar-refractivity contribution in [2.75, 3.05) is 31.1 Å². The maximum absolute atomic E-state index is 13.0. The van der Waals surface area contributed by atoms with E-state index in [9.17, 15) is 9.18 Å². The number of hydrogen-bond donors (Lipinski definition) is 1. The van der Waals surface area contributed by atoms with Crippen LogP contribution in [0.4, 0.5) is 14.9 Å². The van der Waals surface area contributed by atoms with Crippen LogP contribution < -0.4 is 10.2 Å². The summed E-state index contributed by atoms with van der Waals surface area (Å²) in [5.74, 6) is -0.240. The summed E-state index contributed by atoms with van der Waals surface area (Å²) in [5, 5.41) is 2.87. The van der Waals surface area contributed by atoms with E-state index in [4.69, 9.17) is 0 Å². The molecule has 0 spiro atoms. The normalized spacial score (nSPS) is 14.6. The molecule has 1 fully saturated rings. The molecule has 1 N–H and O–H groups in total. The fourth-order valence-electron chi connectivity index (χ4n) is 2.61. The van der Waals surface area contributed by atoms with Crippen molar-refractivity contribution in [1.29, 1.82) is 0 Å². The zero-order chi connectivity index (χ0) is 16.9. The van der Waals surface area contributed by atoms with Gasteiger partial charge in [0.25, 0.3) is 0 Å². The van der Waals surface area contributed by atoms with Crippen LogP contribution in [0.15, 0.2) is 36.7 Å². The summed E-state index contributed by atoms with van der Waals surface area (Å²) in [6, 6.07) is 6.34. The Balaban J connectivity index is 1.48. The molecule has 1 aliphatic rings. The van der Waals surface area contributed by atoms with Gasteiger partial charge in [0.2, 0.25) is 0 Å². The molecule has 2 aromatic rings. The van der Waals surface area contributed by atoms with Crippen molar-refractivity contribution in [2.24, 2.45) is 0 Å². The molecule has 2 heterocycles. The zero-order valence-corrected chi connectivity index (χ0v) is 13.6. The minimum atomic E-state index is -0.240. The van der Waals surface area contributed by atoms with Crippen molar-refractivity contribution >= 4 is 11.7 Å². The number of amides is 2. The first kappa shape index (κ1) is 16.2. The predicted octanol–water partition coefficient (Wildman–Crippen LogP) is 1.96. The lowest BCUT2D eigenvalue weighted by Crippen LogP contribution is -2.51. The Hall–Kier alpha value is -2.70. The van der Waals surface area contributed by atoms with Crippen LogP contribution in [0.25, 0.3) is 0 Å². The second-order valence-electron chi connectivity index (χ2n) is 5.76. The fraction of sp³-hybridized carbons (Fsp3) is 0.353. The largest absolute Gasteiger partial charge is 0.368 e. The van der Waals surface area contributed by atoms with Gasteiger partial charge in [-0.15, -0.1) is 0 Å². The predicted molar refractivity (Wildman–Crippen MR) is 89.2 cm³/mol. The van der Waals surface area contributed by atoms with Gasteiger partial charge in [0.05, 0.1) is 24.1 Å². The molecule has 1 aromatic carbocycles. The molecular formula is C17H20FN5O. The molecule has 126 valence electrons. The number of aromatic nitrogens is 2. The summed E-state index contributed by atoms with van der Waals surface area (Å²) in [6.45, 7) is 4.94. The summed E-state index contributed by atoms with van der Waals surface area (Å²) in [6.07, 6.45) is 3.35. The van der Waals surface area contributed by atoms with E-state index >= 15 is 0 Å². The highest BCUT2D eigenvalue weighted by Crippen LogP contribution is 2.16. The lowest BCUT2D eigenvalue weighted by molar-refractivity contribution is 0.194. The third kappa shape index (κ3) is 3.98. The van der Waals surface area contributed by atoms with Crippen LogP contribution in [0.5, 0.6) is 0 Å². The van der Waals surface area contributed by atoms with Gasteiger partial charge in [-0.3, -0.25) is 9.97 Å². The topological polar surface area (TPSA) is 61.4 Å². The third-order valence-corrected chi connectivity index (χ3v) is 4.01. The molecule has 6 nitrogen and oxygen atoms in total. The van der Waals surface area contributed by atoms with Gasteiger partial charge in [0.1, 0.15) is 5.82 Å². The van der Waals surface area contributed by atoms with E-state index in [1.165, 1.54) is 12.1 Å². The third-order valence-electron chi connectivity index (χ3n) is 4.01. The second-order valence-corrected chi connectivity index (χ2v) is 5.76.